The van der Waals surface area contributed by atoms with Crippen LogP contribution in [0.1, 0.15) is 11.1 Å². The SMILES string of the molecule is Cc1cc(Cl)ccc1NC1NC(=O)/C(=C/c2cc(Br)c(O)c(Br)c2)S1. The summed E-state index contributed by atoms with van der Waals surface area (Å²) >= 11 is 14.0. The highest BCUT2D eigenvalue weighted by Crippen LogP contribution is 2.36. The van der Waals surface area contributed by atoms with Crippen LogP contribution in [0.15, 0.2) is 44.2 Å². The minimum atomic E-state index is -0.261. The number of aryl methyl sites for hydroxylation is 1. The molecule has 8 heteroatoms. The van der Waals surface area contributed by atoms with Gasteiger partial charge < -0.3 is 15.7 Å². The van der Waals surface area contributed by atoms with Crippen LogP contribution >= 0.6 is 55.2 Å². The third kappa shape index (κ3) is 4.34. The number of hydrogen-bond acceptors (Lipinski definition) is 4. The lowest BCUT2D eigenvalue weighted by Crippen LogP contribution is -2.31. The van der Waals surface area contributed by atoms with Crippen molar-refractivity contribution in [3.63, 3.8) is 0 Å². The van der Waals surface area contributed by atoms with Gasteiger partial charge >= 0.3 is 0 Å². The van der Waals surface area contributed by atoms with Gasteiger partial charge in [-0.3, -0.25) is 4.79 Å². The van der Waals surface area contributed by atoms with E-state index in [0.717, 1.165) is 16.8 Å². The number of halogens is 3. The van der Waals surface area contributed by atoms with Crippen molar-refractivity contribution in [3.8, 4) is 5.75 Å². The van der Waals surface area contributed by atoms with Crippen molar-refractivity contribution in [2.24, 2.45) is 0 Å². The molecule has 2 aromatic carbocycles. The molecule has 1 fully saturated rings. The Labute approximate surface area is 171 Å². The minimum absolute atomic E-state index is 0.128. The molecule has 2 aromatic rings. The smallest absolute Gasteiger partial charge is 0.260 e. The molecule has 1 amide bonds. The number of nitrogens with one attached hydrogen (secondary N) is 2. The zero-order valence-corrected chi connectivity index (χ0v) is 17.7. The predicted octanol–water partition coefficient (Wildman–Crippen LogP) is 5.48. The van der Waals surface area contributed by atoms with Gasteiger partial charge in [-0.2, -0.15) is 0 Å². The topological polar surface area (TPSA) is 61.4 Å². The maximum Gasteiger partial charge on any atom is 0.260 e. The molecule has 0 saturated carbocycles. The number of phenols is 1. The van der Waals surface area contributed by atoms with Crippen molar-refractivity contribution in [3.05, 3.63) is 60.3 Å². The van der Waals surface area contributed by atoms with Crippen molar-refractivity contribution < 1.29 is 9.90 Å². The zero-order valence-electron chi connectivity index (χ0n) is 12.9. The van der Waals surface area contributed by atoms with Crippen LogP contribution in [-0.2, 0) is 4.79 Å². The van der Waals surface area contributed by atoms with Crippen LogP contribution < -0.4 is 10.6 Å². The molecule has 1 saturated heterocycles. The molecule has 0 spiro atoms. The monoisotopic (exact) mass is 502 g/mol. The summed E-state index contributed by atoms with van der Waals surface area (Å²) < 4.78 is 1.12. The lowest BCUT2D eigenvalue weighted by atomic mass is 10.2. The third-order valence-corrected chi connectivity index (χ3v) is 6.02. The molecule has 3 rings (SSSR count). The second-order valence-corrected chi connectivity index (χ2v) is 8.71. The van der Waals surface area contributed by atoms with Gasteiger partial charge in [-0.15, -0.1) is 0 Å². The van der Waals surface area contributed by atoms with Gasteiger partial charge in [0.25, 0.3) is 5.91 Å². The van der Waals surface area contributed by atoms with Crippen LogP contribution in [0, 0.1) is 6.92 Å². The van der Waals surface area contributed by atoms with Crippen LogP contribution in [0.4, 0.5) is 5.69 Å². The number of aromatic hydroxyl groups is 1. The first-order chi connectivity index (χ1) is 11.8. The van der Waals surface area contributed by atoms with Crippen molar-refractivity contribution >= 4 is 72.9 Å². The van der Waals surface area contributed by atoms with Crippen LogP contribution in [0.2, 0.25) is 5.02 Å². The van der Waals surface area contributed by atoms with E-state index in [-0.39, 0.29) is 17.2 Å². The van der Waals surface area contributed by atoms with E-state index in [9.17, 15) is 9.90 Å². The number of carbonyl (C=O) groups excluding carboxylic acids is 1. The van der Waals surface area contributed by atoms with Gasteiger partial charge in [-0.1, -0.05) is 23.4 Å². The number of amides is 1. The molecule has 1 unspecified atom stereocenters. The van der Waals surface area contributed by atoms with Gasteiger partial charge in [0, 0.05) is 10.7 Å². The lowest BCUT2D eigenvalue weighted by Gasteiger charge is -2.15. The Hall–Kier alpha value is -1.15. The molecular weight excluding hydrogens is 492 g/mol. The molecular formula is C17H13Br2ClN2O2S. The van der Waals surface area contributed by atoms with Crippen LogP contribution in [0.3, 0.4) is 0 Å². The Kier molecular flexibility index (Phi) is 5.68. The van der Waals surface area contributed by atoms with E-state index in [4.69, 9.17) is 11.6 Å². The first-order valence-electron chi connectivity index (χ1n) is 7.23. The van der Waals surface area contributed by atoms with E-state index in [1.807, 2.05) is 19.1 Å². The standard InChI is InChI=1S/C17H13Br2ClN2O2S/c1-8-4-10(20)2-3-13(8)21-17-22-16(24)14(25-17)7-9-5-11(18)15(23)12(19)6-9/h2-7,17,21,23H,1H3,(H,22,24)/b14-7-. The van der Waals surface area contributed by atoms with Crippen molar-refractivity contribution in [2.45, 2.75) is 12.4 Å². The average molecular weight is 505 g/mol. The van der Waals surface area contributed by atoms with Crippen molar-refractivity contribution in [1.82, 2.24) is 5.32 Å². The summed E-state index contributed by atoms with van der Waals surface area (Å²) in [6, 6.07) is 9.07. The Bertz CT molecular complexity index is 866. The van der Waals surface area contributed by atoms with E-state index in [1.165, 1.54) is 11.8 Å². The first-order valence-corrected chi connectivity index (χ1v) is 10.1. The van der Waals surface area contributed by atoms with Gasteiger partial charge in [0.15, 0.2) is 5.50 Å². The second kappa shape index (κ2) is 7.61. The molecule has 25 heavy (non-hydrogen) atoms. The molecule has 1 aliphatic heterocycles. The summed E-state index contributed by atoms with van der Waals surface area (Å²) in [5, 5.41) is 16.6. The molecule has 0 aromatic heterocycles. The summed E-state index contributed by atoms with van der Waals surface area (Å²) in [7, 11) is 0. The second-order valence-electron chi connectivity index (χ2n) is 5.42. The molecule has 0 bridgehead atoms. The van der Waals surface area contributed by atoms with Crippen LogP contribution in [0.5, 0.6) is 5.75 Å². The third-order valence-electron chi connectivity index (χ3n) is 3.54. The minimum Gasteiger partial charge on any atom is -0.506 e. The highest BCUT2D eigenvalue weighted by molar-refractivity contribution is 9.11. The maximum absolute atomic E-state index is 12.2. The van der Waals surface area contributed by atoms with Gasteiger partial charge in [-0.25, -0.2) is 0 Å². The molecule has 0 aliphatic carbocycles. The maximum atomic E-state index is 12.2. The quantitative estimate of drug-likeness (QED) is 0.485. The molecule has 0 radical (unpaired) electrons. The van der Waals surface area contributed by atoms with Crippen molar-refractivity contribution in [1.29, 1.82) is 0 Å². The number of carbonyl (C=O) groups is 1. The summed E-state index contributed by atoms with van der Waals surface area (Å²) in [6.45, 7) is 1.96. The Morgan fingerprint density at radius 3 is 2.60 bits per heavy atom. The lowest BCUT2D eigenvalue weighted by molar-refractivity contribution is -0.116. The van der Waals surface area contributed by atoms with Gasteiger partial charge in [0.2, 0.25) is 0 Å². The zero-order chi connectivity index (χ0) is 18.1. The summed E-state index contributed by atoms with van der Waals surface area (Å²) in [5.74, 6) is -0.0159. The fraction of sp³-hybridized carbons (Fsp3) is 0.118. The van der Waals surface area contributed by atoms with E-state index in [0.29, 0.717) is 18.9 Å². The van der Waals surface area contributed by atoms with Crippen LogP contribution in [-0.4, -0.2) is 16.5 Å². The average Bonchev–Trinajstić information content (AvgIpc) is 2.87. The Morgan fingerprint density at radius 1 is 1.28 bits per heavy atom. The fourth-order valence-electron chi connectivity index (χ4n) is 2.32. The molecule has 130 valence electrons. The Balaban J connectivity index is 1.78. The molecule has 1 atom stereocenters. The normalized spacial score (nSPS) is 18.5. The van der Waals surface area contributed by atoms with Crippen LogP contribution in [0.25, 0.3) is 6.08 Å². The summed E-state index contributed by atoms with van der Waals surface area (Å²) in [5.41, 5.74) is 2.46. The van der Waals surface area contributed by atoms with Gasteiger partial charge in [0.1, 0.15) is 5.75 Å². The number of hydrogen-bond donors (Lipinski definition) is 3. The van der Waals surface area contributed by atoms with Gasteiger partial charge in [-0.05, 0) is 86.3 Å². The van der Waals surface area contributed by atoms with E-state index in [1.54, 1.807) is 24.3 Å². The highest BCUT2D eigenvalue weighted by atomic mass is 79.9. The number of benzene rings is 2. The van der Waals surface area contributed by atoms with E-state index in [2.05, 4.69) is 42.5 Å². The highest BCUT2D eigenvalue weighted by Gasteiger charge is 2.27. The first kappa shape index (κ1) is 18.6. The number of thioether (sulfide) groups is 1. The number of phenolic OH excluding ortho intramolecular Hbond substituents is 1. The van der Waals surface area contributed by atoms with E-state index >= 15 is 0 Å². The Morgan fingerprint density at radius 2 is 1.96 bits per heavy atom. The number of anilines is 1. The molecule has 3 N–H and O–H groups in total. The van der Waals surface area contributed by atoms with Crippen molar-refractivity contribution in [2.75, 3.05) is 5.32 Å². The van der Waals surface area contributed by atoms with Gasteiger partial charge in [0.05, 0.1) is 13.9 Å². The summed E-state index contributed by atoms with van der Waals surface area (Å²) in [6.07, 6.45) is 1.78. The molecule has 1 heterocycles. The summed E-state index contributed by atoms with van der Waals surface area (Å²) in [4.78, 5) is 12.8. The fourth-order valence-corrected chi connectivity index (χ4v) is 4.74. The molecule has 1 aliphatic rings. The number of rotatable bonds is 3. The largest absolute Gasteiger partial charge is 0.506 e. The van der Waals surface area contributed by atoms with E-state index < -0.39 is 0 Å². The molecule has 4 nitrogen and oxygen atoms in total. The predicted molar refractivity (Wildman–Crippen MR) is 111 cm³/mol.